The van der Waals surface area contributed by atoms with E-state index < -0.39 is 29.1 Å². The van der Waals surface area contributed by atoms with Gasteiger partial charge in [-0.1, -0.05) is 43.3 Å². The predicted molar refractivity (Wildman–Crippen MR) is 92.6 cm³/mol. The standard InChI is InChI=1S/C19H17F6P/c1-3-17(13-7-5-4-6-8-13)26-12(2)14-9-15(18(20,21)22)11-16(10-14)19(23,24)25/h3-12,17,26H,1H2,2H3/t12-,17-/m1/s1. The molecule has 0 bridgehead atoms. The Morgan fingerprint density at radius 2 is 1.35 bits per heavy atom. The minimum Gasteiger partial charge on any atom is -0.166 e. The number of alkyl halides is 6. The van der Waals surface area contributed by atoms with Gasteiger partial charge >= 0.3 is 12.4 Å². The highest BCUT2D eigenvalue weighted by Crippen LogP contribution is 2.48. The molecule has 7 heteroatoms. The summed E-state index contributed by atoms with van der Waals surface area (Å²) in [5.74, 6) is 0. The number of allylic oxidation sites excluding steroid dienone is 1. The van der Waals surface area contributed by atoms with Crippen LogP contribution in [0.25, 0.3) is 0 Å². The van der Waals surface area contributed by atoms with Crippen molar-refractivity contribution < 1.29 is 26.3 Å². The van der Waals surface area contributed by atoms with Gasteiger partial charge in [0.05, 0.1) is 11.1 Å². The zero-order valence-corrected chi connectivity index (χ0v) is 14.8. The normalized spacial score (nSPS) is 15.2. The molecule has 0 nitrogen and oxygen atoms in total. The van der Waals surface area contributed by atoms with E-state index in [4.69, 9.17) is 0 Å². The number of halogens is 6. The lowest BCUT2D eigenvalue weighted by atomic mass is 10.0. The van der Waals surface area contributed by atoms with Crippen molar-refractivity contribution in [1.29, 1.82) is 0 Å². The topological polar surface area (TPSA) is 0 Å². The van der Waals surface area contributed by atoms with Gasteiger partial charge in [0.2, 0.25) is 0 Å². The Morgan fingerprint density at radius 1 is 0.846 bits per heavy atom. The van der Waals surface area contributed by atoms with Gasteiger partial charge in [0.25, 0.3) is 0 Å². The third-order valence-electron chi connectivity index (χ3n) is 3.93. The van der Waals surface area contributed by atoms with Crippen LogP contribution in [-0.4, -0.2) is 0 Å². The summed E-state index contributed by atoms with van der Waals surface area (Å²) in [6.07, 6.45) is -8.01. The van der Waals surface area contributed by atoms with Crippen molar-refractivity contribution in [3.8, 4) is 0 Å². The van der Waals surface area contributed by atoms with Gasteiger partial charge in [0.15, 0.2) is 0 Å². The molecule has 0 aliphatic carbocycles. The van der Waals surface area contributed by atoms with E-state index in [0.717, 1.165) is 17.7 Å². The maximum Gasteiger partial charge on any atom is 0.416 e. The van der Waals surface area contributed by atoms with E-state index in [2.05, 4.69) is 6.58 Å². The van der Waals surface area contributed by atoms with E-state index >= 15 is 0 Å². The Labute approximate surface area is 149 Å². The minimum absolute atomic E-state index is 0.0215. The van der Waals surface area contributed by atoms with Gasteiger partial charge in [-0.15, -0.1) is 15.2 Å². The summed E-state index contributed by atoms with van der Waals surface area (Å²) in [7, 11) is 0.0588. The second-order valence-electron chi connectivity index (χ2n) is 5.85. The SMILES string of the molecule is C=C[C@@H](P[C@H](C)c1cc(C(F)(F)F)cc(C(F)(F)F)c1)c1ccccc1. The zero-order chi connectivity index (χ0) is 19.5. The maximum absolute atomic E-state index is 13.0. The first-order valence-electron chi connectivity index (χ1n) is 7.75. The third kappa shape index (κ3) is 5.10. The minimum atomic E-state index is -4.84. The molecule has 0 fully saturated rings. The van der Waals surface area contributed by atoms with Crippen LogP contribution < -0.4 is 0 Å². The molecule has 140 valence electrons. The van der Waals surface area contributed by atoms with Crippen LogP contribution in [-0.2, 0) is 12.4 Å². The fraction of sp³-hybridized carbons (Fsp3) is 0.263. The fourth-order valence-corrected chi connectivity index (χ4v) is 3.97. The van der Waals surface area contributed by atoms with Gasteiger partial charge in [-0.05, 0) is 35.0 Å². The van der Waals surface area contributed by atoms with Crippen molar-refractivity contribution in [2.24, 2.45) is 0 Å². The van der Waals surface area contributed by atoms with E-state index in [1.54, 1.807) is 13.0 Å². The Kier molecular flexibility index (Phi) is 6.17. The quantitative estimate of drug-likeness (QED) is 0.284. The van der Waals surface area contributed by atoms with Gasteiger partial charge in [0, 0.05) is 5.66 Å². The number of hydrogen-bond acceptors (Lipinski definition) is 0. The molecule has 2 aromatic carbocycles. The van der Waals surface area contributed by atoms with Gasteiger partial charge in [-0.2, -0.15) is 26.3 Å². The number of hydrogen-bond donors (Lipinski definition) is 0. The van der Waals surface area contributed by atoms with Crippen molar-refractivity contribution in [3.05, 3.63) is 83.4 Å². The highest BCUT2D eigenvalue weighted by molar-refractivity contribution is 7.39. The van der Waals surface area contributed by atoms with Gasteiger partial charge in [0.1, 0.15) is 0 Å². The number of benzene rings is 2. The van der Waals surface area contributed by atoms with Crippen molar-refractivity contribution in [1.82, 2.24) is 0 Å². The first-order chi connectivity index (χ1) is 12.0. The number of rotatable bonds is 5. The van der Waals surface area contributed by atoms with Crippen LogP contribution in [0.15, 0.2) is 61.2 Å². The van der Waals surface area contributed by atoms with Crippen molar-refractivity contribution in [2.75, 3.05) is 0 Å². The highest BCUT2D eigenvalue weighted by Gasteiger charge is 2.37. The van der Waals surface area contributed by atoms with Crippen LogP contribution >= 0.6 is 8.58 Å². The molecule has 0 aromatic heterocycles. The summed E-state index contributed by atoms with van der Waals surface area (Å²) >= 11 is 0. The van der Waals surface area contributed by atoms with Crippen molar-refractivity contribution >= 4 is 8.58 Å². The Morgan fingerprint density at radius 3 is 1.77 bits per heavy atom. The Bertz CT molecular complexity index is 717. The van der Waals surface area contributed by atoms with Crippen molar-refractivity contribution in [3.63, 3.8) is 0 Å². The maximum atomic E-state index is 13.0. The monoisotopic (exact) mass is 390 g/mol. The lowest BCUT2D eigenvalue weighted by molar-refractivity contribution is -0.143. The second kappa shape index (κ2) is 7.83. The molecule has 0 radical (unpaired) electrons. The van der Waals surface area contributed by atoms with Crippen LogP contribution in [0.3, 0.4) is 0 Å². The Hall–Kier alpha value is -1.81. The summed E-state index contributed by atoms with van der Waals surface area (Å²) in [4.78, 5) is 0. The molecule has 2 rings (SSSR count). The van der Waals surface area contributed by atoms with Gasteiger partial charge in [-0.3, -0.25) is 0 Å². The lowest BCUT2D eigenvalue weighted by Crippen LogP contribution is -2.12. The van der Waals surface area contributed by atoms with Gasteiger partial charge < -0.3 is 0 Å². The first kappa shape index (κ1) is 20.5. The summed E-state index contributed by atoms with van der Waals surface area (Å²) in [5.41, 5.74) is -2.25. The zero-order valence-electron chi connectivity index (χ0n) is 13.8. The molecule has 3 atom stereocenters. The summed E-state index contributed by atoms with van der Waals surface area (Å²) in [6.45, 7) is 5.38. The predicted octanol–water partition coefficient (Wildman–Crippen LogP) is 7.39. The van der Waals surface area contributed by atoms with Crippen LogP contribution in [0.4, 0.5) is 26.3 Å². The molecule has 0 saturated heterocycles. The molecule has 0 spiro atoms. The Balaban J connectivity index is 2.38. The summed E-state index contributed by atoms with van der Waals surface area (Å²) < 4.78 is 78.1. The third-order valence-corrected chi connectivity index (χ3v) is 5.70. The molecule has 0 N–H and O–H groups in total. The summed E-state index contributed by atoms with van der Waals surface area (Å²) in [6, 6.07) is 11.0. The molecule has 26 heavy (non-hydrogen) atoms. The van der Waals surface area contributed by atoms with E-state index in [-0.39, 0.29) is 25.9 Å². The molecule has 1 unspecified atom stereocenters. The average molecular weight is 390 g/mol. The molecule has 0 saturated carbocycles. The van der Waals surface area contributed by atoms with Crippen LogP contribution in [0.1, 0.15) is 40.5 Å². The fourth-order valence-electron chi connectivity index (χ4n) is 2.56. The highest BCUT2D eigenvalue weighted by atomic mass is 31.1. The van der Waals surface area contributed by atoms with Crippen LogP contribution in [0.5, 0.6) is 0 Å². The van der Waals surface area contributed by atoms with E-state index in [1.807, 2.05) is 30.3 Å². The molecule has 0 aliphatic rings. The van der Waals surface area contributed by atoms with Crippen LogP contribution in [0.2, 0.25) is 0 Å². The molecular formula is C19H17F6P. The van der Waals surface area contributed by atoms with Crippen molar-refractivity contribution in [2.45, 2.75) is 30.6 Å². The first-order valence-corrected chi connectivity index (χ1v) is 8.90. The molecule has 0 amide bonds. The van der Waals surface area contributed by atoms with Crippen LogP contribution in [0, 0.1) is 0 Å². The molecule has 0 heterocycles. The van der Waals surface area contributed by atoms with E-state index in [9.17, 15) is 26.3 Å². The second-order valence-corrected chi connectivity index (χ2v) is 7.67. The molecular weight excluding hydrogens is 373 g/mol. The van der Waals surface area contributed by atoms with E-state index in [0.29, 0.717) is 0 Å². The smallest absolute Gasteiger partial charge is 0.166 e. The summed E-state index contributed by atoms with van der Waals surface area (Å²) in [5, 5.41) is 0. The largest absolute Gasteiger partial charge is 0.416 e. The van der Waals surface area contributed by atoms with Gasteiger partial charge in [-0.25, -0.2) is 0 Å². The molecule has 2 aromatic rings. The molecule has 0 aliphatic heterocycles. The average Bonchev–Trinajstić information content (AvgIpc) is 2.58. The lowest BCUT2D eigenvalue weighted by Gasteiger charge is -2.21. The van der Waals surface area contributed by atoms with E-state index in [1.165, 1.54) is 0 Å².